The molecule has 0 aliphatic rings. The summed E-state index contributed by atoms with van der Waals surface area (Å²) >= 11 is 0. The van der Waals surface area contributed by atoms with Crippen molar-refractivity contribution in [3.63, 3.8) is 0 Å². The third-order valence-corrected chi connectivity index (χ3v) is 3.97. The lowest BCUT2D eigenvalue weighted by atomic mass is 10.2. The number of rotatable bonds is 8. The largest absolute Gasteiger partial charge is 0.481 e. The Labute approximate surface area is 97.9 Å². The van der Waals surface area contributed by atoms with Crippen LogP contribution in [-0.2, 0) is 18.7 Å². The minimum absolute atomic E-state index is 0.0854. The topological polar surface area (TPSA) is 147 Å². The van der Waals surface area contributed by atoms with E-state index in [1.165, 1.54) is 0 Å². The van der Waals surface area contributed by atoms with Gasteiger partial charge in [-0.25, -0.2) is 4.79 Å². The van der Waals surface area contributed by atoms with Crippen molar-refractivity contribution in [2.24, 2.45) is 5.73 Å². The summed E-state index contributed by atoms with van der Waals surface area (Å²) < 4.78 is 16.0. The fourth-order valence-corrected chi connectivity index (χ4v) is 1.71. The third-order valence-electron chi connectivity index (χ3n) is 2.07. The first-order valence-corrected chi connectivity index (χ1v) is 6.40. The molecule has 0 heterocycles. The summed E-state index contributed by atoms with van der Waals surface area (Å²) in [7, 11) is -4.48. The van der Waals surface area contributed by atoms with Gasteiger partial charge in [-0.05, 0) is 19.8 Å². The van der Waals surface area contributed by atoms with Gasteiger partial charge in [0, 0.05) is 6.42 Å². The van der Waals surface area contributed by atoms with Crippen LogP contribution < -0.4 is 5.73 Å². The van der Waals surface area contributed by atoms with Crippen LogP contribution in [0, 0.1) is 0 Å². The minimum atomic E-state index is -4.48. The fraction of sp³-hybridized carbons (Fsp3) is 0.750. The second-order valence-electron chi connectivity index (χ2n) is 3.66. The Bertz CT molecular complexity index is 341. The lowest BCUT2D eigenvalue weighted by Gasteiger charge is -2.24. The summed E-state index contributed by atoms with van der Waals surface area (Å²) in [6.07, 6.45) is 0.411. The number of hydrogen-bond acceptors (Lipinski definition) is 5. The zero-order chi connectivity index (χ0) is 13.7. The van der Waals surface area contributed by atoms with Gasteiger partial charge in [0.15, 0.2) is 0 Å². The first-order valence-electron chi connectivity index (χ1n) is 4.83. The van der Waals surface area contributed by atoms with Gasteiger partial charge in [-0.3, -0.25) is 9.36 Å². The van der Waals surface area contributed by atoms with Gasteiger partial charge in [-0.1, -0.05) is 0 Å². The van der Waals surface area contributed by atoms with Crippen molar-refractivity contribution in [3.05, 3.63) is 0 Å². The van der Waals surface area contributed by atoms with E-state index in [0.29, 0.717) is 0 Å². The van der Waals surface area contributed by atoms with E-state index in [-0.39, 0.29) is 25.9 Å². The van der Waals surface area contributed by atoms with Gasteiger partial charge >= 0.3 is 19.5 Å². The summed E-state index contributed by atoms with van der Waals surface area (Å²) in [5, 5.41) is 14.6. The molecule has 2 unspecified atom stereocenters. The molecule has 0 aliphatic carbocycles. The van der Waals surface area contributed by atoms with Crippen LogP contribution in [0.2, 0.25) is 0 Å². The molecular weight excluding hydrogens is 253 g/mol. The number of carbonyl (C=O) groups is 2. The average molecular weight is 269 g/mol. The van der Waals surface area contributed by atoms with E-state index in [0.717, 1.165) is 6.92 Å². The van der Waals surface area contributed by atoms with Gasteiger partial charge in [-0.2, -0.15) is 0 Å². The molecule has 5 N–H and O–H groups in total. The highest BCUT2D eigenvalue weighted by Crippen LogP contribution is 2.52. The Hall–Kier alpha value is -0.950. The molecule has 0 spiro atoms. The summed E-state index contributed by atoms with van der Waals surface area (Å²) in [4.78, 5) is 30.1. The number of carboxylic acids is 2. The first-order chi connectivity index (χ1) is 7.61. The van der Waals surface area contributed by atoms with Crippen LogP contribution in [0.4, 0.5) is 0 Å². The van der Waals surface area contributed by atoms with Gasteiger partial charge in [0.25, 0.3) is 0 Å². The molecule has 0 bridgehead atoms. The number of hydrogen-bond donors (Lipinski definition) is 4. The molecule has 0 rings (SSSR count). The Kier molecular flexibility index (Phi) is 5.77. The van der Waals surface area contributed by atoms with Crippen molar-refractivity contribution in [2.75, 3.05) is 6.61 Å². The van der Waals surface area contributed by atoms with Gasteiger partial charge < -0.3 is 25.4 Å². The molecule has 2 atom stereocenters. The lowest BCUT2D eigenvalue weighted by Crippen LogP contribution is -2.44. The molecular formula is C8H16NO7P. The molecule has 0 aromatic rings. The van der Waals surface area contributed by atoms with Crippen LogP contribution in [0.25, 0.3) is 0 Å². The predicted octanol–water partition coefficient (Wildman–Crippen LogP) is 0.203. The second kappa shape index (κ2) is 6.11. The Balaban J connectivity index is 4.15. The van der Waals surface area contributed by atoms with Gasteiger partial charge in [0.1, 0.15) is 0 Å². The molecule has 0 saturated heterocycles. The fourth-order valence-electron chi connectivity index (χ4n) is 0.822. The molecule has 17 heavy (non-hydrogen) atoms. The maximum Gasteiger partial charge on any atom is 0.358 e. The lowest BCUT2D eigenvalue weighted by molar-refractivity contribution is -0.140. The van der Waals surface area contributed by atoms with Crippen LogP contribution in [0.15, 0.2) is 0 Å². The molecule has 0 radical (unpaired) electrons. The Morgan fingerprint density at radius 1 is 1.35 bits per heavy atom. The van der Waals surface area contributed by atoms with Gasteiger partial charge in [0.2, 0.25) is 5.28 Å². The summed E-state index contributed by atoms with van der Waals surface area (Å²) in [6.45, 7) is 0.661. The SMILES string of the molecule is CC(N)(C(=O)O)P(=O)(O)OCCCCC(=O)O. The Morgan fingerprint density at radius 3 is 2.29 bits per heavy atom. The molecule has 0 aromatic heterocycles. The van der Waals surface area contributed by atoms with E-state index < -0.39 is 24.8 Å². The maximum absolute atomic E-state index is 11.5. The number of aliphatic carboxylic acids is 2. The van der Waals surface area contributed by atoms with Crippen LogP contribution in [-0.4, -0.2) is 38.9 Å². The maximum atomic E-state index is 11.5. The van der Waals surface area contributed by atoms with E-state index >= 15 is 0 Å². The molecule has 0 aromatic carbocycles. The third kappa shape index (κ3) is 4.82. The highest BCUT2D eigenvalue weighted by molar-refractivity contribution is 7.55. The van der Waals surface area contributed by atoms with E-state index in [9.17, 15) is 19.0 Å². The summed E-state index contributed by atoms with van der Waals surface area (Å²) in [5.41, 5.74) is 5.17. The quantitative estimate of drug-likeness (QED) is 0.361. The molecule has 0 saturated carbocycles. The molecule has 0 fully saturated rings. The highest BCUT2D eigenvalue weighted by atomic mass is 31.2. The van der Waals surface area contributed by atoms with Crippen molar-refractivity contribution in [2.45, 2.75) is 31.5 Å². The number of nitrogens with two attached hydrogens (primary N) is 1. The smallest absolute Gasteiger partial charge is 0.358 e. The highest BCUT2D eigenvalue weighted by Gasteiger charge is 2.48. The van der Waals surface area contributed by atoms with E-state index in [1.54, 1.807) is 0 Å². The van der Waals surface area contributed by atoms with Crippen LogP contribution in [0.3, 0.4) is 0 Å². The van der Waals surface area contributed by atoms with Gasteiger partial charge in [-0.15, -0.1) is 0 Å². The number of unbranched alkanes of at least 4 members (excludes halogenated alkanes) is 1. The molecule has 0 aliphatic heterocycles. The molecule has 100 valence electrons. The first kappa shape index (κ1) is 16.1. The zero-order valence-corrected chi connectivity index (χ0v) is 10.2. The van der Waals surface area contributed by atoms with Gasteiger partial charge in [0.05, 0.1) is 6.61 Å². The normalized spacial score (nSPS) is 18.1. The average Bonchev–Trinajstić information content (AvgIpc) is 2.15. The van der Waals surface area contributed by atoms with Crippen molar-refractivity contribution < 1.29 is 33.8 Å². The van der Waals surface area contributed by atoms with Crippen LogP contribution >= 0.6 is 7.60 Å². The monoisotopic (exact) mass is 269 g/mol. The van der Waals surface area contributed by atoms with E-state index in [1.807, 2.05) is 0 Å². The number of carboxylic acid groups (broad SMARTS) is 2. The van der Waals surface area contributed by atoms with E-state index in [2.05, 4.69) is 4.52 Å². The minimum Gasteiger partial charge on any atom is -0.481 e. The standard InChI is InChI=1S/C8H16NO7P/c1-8(9,7(12)13)17(14,15)16-5-3-2-4-6(10)11/h2-5,9H2,1H3,(H,10,11)(H,12,13)(H,14,15). The van der Waals surface area contributed by atoms with Crippen molar-refractivity contribution in [1.82, 2.24) is 0 Å². The van der Waals surface area contributed by atoms with Crippen LogP contribution in [0.5, 0.6) is 0 Å². The molecule has 8 nitrogen and oxygen atoms in total. The van der Waals surface area contributed by atoms with Crippen molar-refractivity contribution in [3.8, 4) is 0 Å². The van der Waals surface area contributed by atoms with E-state index in [4.69, 9.17) is 15.9 Å². The second-order valence-corrected chi connectivity index (χ2v) is 5.89. The Morgan fingerprint density at radius 2 is 1.88 bits per heavy atom. The summed E-state index contributed by atoms with van der Waals surface area (Å²) in [5.74, 6) is -2.62. The molecule has 0 amide bonds. The van der Waals surface area contributed by atoms with Crippen molar-refractivity contribution >= 4 is 19.5 Å². The molecule has 9 heteroatoms. The van der Waals surface area contributed by atoms with Crippen molar-refractivity contribution in [1.29, 1.82) is 0 Å². The predicted molar refractivity (Wildman–Crippen MR) is 57.5 cm³/mol. The van der Waals surface area contributed by atoms with Crippen LogP contribution in [0.1, 0.15) is 26.2 Å². The summed E-state index contributed by atoms with van der Waals surface area (Å²) in [6, 6.07) is 0. The zero-order valence-electron chi connectivity index (χ0n) is 9.33.